The lowest BCUT2D eigenvalue weighted by Gasteiger charge is -2.13. The van der Waals surface area contributed by atoms with Gasteiger partial charge in [0.15, 0.2) is 0 Å². The van der Waals surface area contributed by atoms with Gasteiger partial charge in [0, 0.05) is 19.7 Å². The fourth-order valence-electron chi connectivity index (χ4n) is 1.60. The van der Waals surface area contributed by atoms with Gasteiger partial charge in [0.25, 0.3) is 0 Å². The molecule has 0 aliphatic rings. The van der Waals surface area contributed by atoms with Crippen molar-refractivity contribution in [3.05, 3.63) is 38.6 Å². The fourth-order valence-corrected chi connectivity index (χ4v) is 2.10. The number of ether oxygens (including phenoxy) is 1. The molecule has 0 amide bonds. The van der Waals surface area contributed by atoms with Gasteiger partial charge in [-0.15, -0.1) is 5.10 Å². The molecule has 0 fully saturated rings. The van der Waals surface area contributed by atoms with Crippen LogP contribution < -0.4 is 10.5 Å². The first-order chi connectivity index (χ1) is 12.9. The van der Waals surface area contributed by atoms with Gasteiger partial charge in [0.2, 0.25) is 5.89 Å². The van der Waals surface area contributed by atoms with Crippen molar-refractivity contribution < 1.29 is 18.7 Å². The number of benzene rings is 1. The summed E-state index contributed by atoms with van der Waals surface area (Å²) in [5.41, 5.74) is -0.685. The Labute approximate surface area is 148 Å². The third-order valence-corrected chi connectivity index (χ3v) is 3.23. The van der Waals surface area contributed by atoms with E-state index in [0.29, 0.717) is 0 Å². The van der Waals surface area contributed by atoms with E-state index < -0.39 is 36.7 Å². The molecule has 0 spiro atoms. The Balaban J connectivity index is 2.64. The van der Waals surface area contributed by atoms with Crippen LogP contribution >= 0.6 is 23.2 Å². The maximum Gasteiger partial charge on any atom is 0.442 e. The Morgan fingerprint density at radius 2 is 2.05 bits per heavy atom. The molecule has 1 aromatic heterocycles. The molecule has 0 saturated carbocycles. The molecule has 0 radical (unpaired) electrons. The van der Waals surface area contributed by atoms with Crippen molar-refractivity contribution in [2.75, 3.05) is 0 Å². The molecule has 120 valence electrons. The van der Waals surface area contributed by atoms with Gasteiger partial charge in [-0.05, 0) is 19.8 Å². The maximum absolute atomic E-state index is 12.2. The van der Waals surface area contributed by atoms with Gasteiger partial charge in [-0.25, -0.2) is 4.79 Å². The molecule has 1 heterocycles. The molecule has 0 bridgehead atoms. The number of nitrogens with zero attached hydrogens (tertiary/aromatic N) is 2. The summed E-state index contributed by atoms with van der Waals surface area (Å²) >= 11 is 12.2. The lowest BCUT2D eigenvalue weighted by molar-refractivity contribution is 0.242. The highest BCUT2D eigenvalue weighted by molar-refractivity contribution is 6.36. The monoisotopic (exact) mass is 351 g/mol. The van der Waals surface area contributed by atoms with Crippen molar-refractivity contribution >= 4 is 23.2 Å². The minimum atomic E-state index is -3.34. The van der Waals surface area contributed by atoms with Crippen LogP contribution in [0, 0.1) is 0 Å². The molecule has 22 heavy (non-hydrogen) atoms. The van der Waals surface area contributed by atoms with Crippen molar-refractivity contribution in [1.82, 2.24) is 9.78 Å². The van der Waals surface area contributed by atoms with Gasteiger partial charge in [0.05, 0.1) is 23.2 Å². The minimum absolute atomic E-state index is 0.0587. The summed E-state index contributed by atoms with van der Waals surface area (Å²) in [7, 11) is 0. The predicted molar refractivity (Wildman–Crippen MR) is 86.6 cm³/mol. The number of hydrogen-bond acceptors (Lipinski definition) is 4. The quantitative estimate of drug-likeness (QED) is 0.830. The normalized spacial score (nSPS) is 18.3. The zero-order chi connectivity index (χ0) is 22.6. The van der Waals surface area contributed by atoms with Crippen LogP contribution in [0.4, 0.5) is 0 Å². The summed E-state index contributed by atoms with van der Waals surface area (Å²) in [4.78, 5) is 12.2. The second kappa shape index (κ2) is 5.97. The number of hydrogen-bond donors (Lipinski definition) is 0. The third-order valence-electron chi connectivity index (χ3n) is 2.63. The van der Waals surface area contributed by atoms with Crippen LogP contribution in [0.5, 0.6) is 5.75 Å². The van der Waals surface area contributed by atoms with Crippen LogP contribution in [-0.4, -0.2) is 15.9 Å². The highest BCUT2D eigenvalue weighted by Crippen LogP contribution is 2.33. The largest absolute Gasteiger partial charge is 0.489 e. The summed E-state index contributed by atoms with van der Waals surface area (Å²) in [5, 5.41) is 3.75. The van der Waals surface area contributed by atoms with Crippen molar-refractivity contribution in [2.24, 2.45) is 0 Å². The van der Waals surface area contributed by atoms with Crippen molar-refractivity contribution in [3.8, 4) is 11.4 Å². The average molecular weight is 352 g/mol. The van der Waals surface area contributed by atoms with Crippen molar-refractivity contribution in [2.45, 2.75) is 46.0 Å². The lowest BCUT2D eigenvalue weighted by atomic mass is 9.97. The van der Waals surface area contributed by atoms with Crippen LogP contribution in [0.15, 0.2) is 21.3 Å². The zero-order valence-corrected chi connectivity index (χ0v) is 13.5. The first kappa shape index (κ1) is 9.63. The lowest BCUT2D eigenvalue weighted by Crippen LogP contribution is -2.15. The number of halogens is 2. The Kier molecular flexibility index (Phi) is 2.61. The summed E-state index contributed by atoms with van der Waals surface area (Å²) < 4.78 is 63.6. The highest BCUT2D eigenvalue weighted by Gasteiger charge is 2.24. The van der Waals surface area contributed by atoms with Crippen LogP contribution in [-0.2, 0) is 5.41 Å². The van der Waals surface area contributed by atoms with E-state index in [-0.39, 0.29) is 21.6 Å². The molecule has 2 aromatic rings. The van der Waals surface area contributed by atoms with E-state index in [2.05, 4.69) is 5.10 Å². The first-order valence-electron chi connectivity index (χ1n) is 9.67. The van der Waals surface area contributed by atoms with E-state index in [0.717, 1.165) is 16.8 Å². The van der Waals surface area contributed by atoms with Gasteiger partial charge in [-0.3, -0.25) is 0 Å². The van der Waals surface area contributed by atoms with E-state index in [9.17, 15) is 4.79 Å². The molecule has 0 saturated heterocycles. The topological polar surface area (TPSA) is 57.3 Å². The van der Waals surface area contributed by atoms with Gasteiger partial charge in [0.1, 0.15) is 5.75 Å². The Bertz CT molecular complexity index is 960. The average Bonchev–Trinajstić information content (AvgIpc) is 2.89. The van der Waals surface area contributed by atoms with E-state index in [1.807, 2.05) is 0 Å². The molecular weight excluding hydrogens is 327 g/mol. The predicted octanol–water partition coefficient (Wildman–Crippen LogP) is 4.22. The van der Waals surface area contributed by atoms with Crippen molar-refractivity contribution in [1.29, 1.82) is 0 Å². The summed E-state index contributed by atoms with van der Waals surface area (Å²) in [6.45, 7) is -1.39. The minimum Gasteiger partial charge on any atom is -0.489 e. The molecular formula is C15H18Cl2N2O3. The molecule has 5 nitrogen and oxygen atoms in total. The molecule has 0 unspecified atom stereocenters. The molecule has 7 heteroatoms. The van der Waals surface area contributed by atoms with E-state index >= 15 is 0 Å². The summed E-state index contributed by atoms with van der Waals surface area (Å²) in [5.74, 6) is -1.25. The first-order valence-corrected chi connectivity index (χ1v) is 6.93. The number of rotatable bonds is 3. The van der Waals surface area contributed by atoms with E-state index in [1.54, 1.807) is 20.8 Å². The second-order valence-electron chi connectivity index (χ2n) is 5.50. The van der Waals surface area contributed by atoms with E-state index in [1.165, 1.54) is 0 Å². The standard InChI is InChI=1S/C15H18Cl2N2O3/c1-8(2)21-12-7-11(9(16)6-10(12)17)19-14(20)22-13(18-19)15(3,4)5/h6-8H,1-5H3/i1D3,2D3,8D. The van der Waals surface area contributed by atoms with Crippen molar-refractivity contribution in [3.63, 3.8) is 0 Å². The smallest absolute Gasteiger partial charge is 0.442 e. The SMILES string of the molecule is [2H]C([2H])([2H])C([2H])(Oc1cc(-n2nc(C(C)(C)C)oc2=O)c(Cl)cc1Cl)C([2H])([2H])[2H]. The van der Waals surface area contributed by atoms with Crippen LogP contribution in [0.2, 0.25) is 10.0 Å². The molecule has 1 aromatic carbocycles. The summed E-state index contributed by atoms with van der Waals surface area (Å²) in [6, 6.07) is 2.15. The Morgan fingerprint density at radius 1 is 1.36 bits per heavy atom. The zero-order valence-electron chi connectivity index (χ0n) is 19.0. The highest BCUT2D eigenvalue weighted by atomic mass is 35.5. The van der Waals surface area contributed by atoms with Crippen LogP contribution in [0.25, 0.3) is 5.69 Å². The Hall–Kier alpha value is -1.46. The second-order valence-corrected chi connectivity index (χ2v) is 6.31. The molecule has 0 N–H and O–H groups in total. The number of aromatic nitrogens is 2. The fraction of sp³-hybridized carbons (Fsp3) is 0.467. The Morgan fingerprint density at radius 3 is 2.59 bits per heavy atom. The maximum atomic E-state index is 12.2. The third kappa shape index (κ3) is 3.47. The summed E-state index contributed by atoms with van der Waals surface area (Å²) in [6.07, 6.45) is -3.32. The van der Waals surface area contributed by atoms with Gasteiger partial charge >= 0.3 is 5.76 Å². The molecule has 2 rings (SSSR count). The van der Waals surface area contributed by atoms with Gasteiger partial charge in [-0.1, -0.05) is 44.0 Å². The van der Waals surface area contributed by atoms with E-state index in [4.69, 9.17) is 42.0 Å². The molecule has 0 atom stereocenters. The van der Waals surface area contributed by atoms with Gasteiger partial charge in [-0.2, -0.15) is 4.68 Å². The molecule has 0 aliphatic heterocycles. The van der Waals surface area contributed by atoms with Gasteiger partial charge < -0.3 is 9.15 Å². The van der Waals surface area contributed by atoms with Crippen LogP contribution in [0.3, 0.4) is 0 Å². The molecule has 0 aliphatic carbocycles. The van der Waals surface area contributed by atoms with Crippen LogP contribution in [0.1, 0.15) is 50.0 Å².